The van der Waals surface area contributed by atoms with Crippen molar-refractivity contribution in [1.29, 1.82) is 0 Å². The molecule has 0 rings (SSSR count). The molecule has 0 fully saturated rings. The molecule has 0 aliphatic heterocycles. The molecule has 4 heteroatoms. The van der Waals surface area contributed by atoms with Crippen LogP contribution in [-0.2, 0) is 14.1 Å². The van der Waals surface area contributed by atoms with Gasteiger partial charge in [0.2, 0.25) is 0 Å². The fourth-order valence-corrected chi connectivity index (χ4v) is 0.890. The van der Waals surface area contributed by atoms with E-state index in [0.29, 0.717) is 19.4 Å². The minimum atomic E-state index is -0.313. The van der Waals surface area contributed by atoms with Gasteiger partial charge >= 0.3 is 5.97 Å². The quantitative estimate of drug-likeness (QED) is 0.493. The maximum atomic E-state index is 10.9. The Labute approximate surface area is 74.7 Å². The predicted molar refractivity (Wildman–Crippen MR) is 47.6 cm³/mol. The first kappa shape index (κ1) is 11.6. The van der Waals surface area contributed by atoms with Gasteiger partial charge in [0.1, 0.15) is 0 Å². The van der Waals surface area contributed by atoms with E-state index in [9.17, 15) is 9.36 Å². The number of carbonyl (C=O) groups excluding carboxylic acids is 1. The average molecular weight is 190 g/mol. The molecule has 0 aliphatic carbocycles. The van der Waals surface area contributed by atoms with Crippen LogP contribution in [0.4, 0.5) is 0 Å². The number of esters is 1. The van der Waals surface area contributed by atoms with Crippen LogP contribution in [0.15, 0.2) is 0 Å². The summed E-state index contributed by atoms with van der Waals surface area (Å²) in [5.41, 5.74) is 0. The second-order valence-electron chi connectivity index (χ2n) is 3.21. The topological polar surface area (TPSA) is 43.4 Å². The Kier molecular flexibility index (Phi) is 5.07. The molecule has 12 heavy (non-hydrogen) atoms. The van der Waals surface area contributed by atoms with Gasteiger partial charge in [0.15, 0.2) is 8.46 Å². The van der Waals surface area contributed by atoms with Crippen molar-refractivity contribution in [3.63, 3.8) is 0 Å². The third-order valence-corrected chi connectivity index (χ3v) is 2.21. The Bertz CT molecular complexity index is 166. The highest BCUT2D eigenvalue weighted by molar-refractivity contribution is 7.25. The number of ether oxygens (including phenoxy) is 1. The summed E-state index contributed by atoms with van der Waals surface area (Å²) < 4.78 is 15.3. The van der Waals surface area contributed by atoms with Gasteiger partial charge in [0.05, 0.1) is 6.61 Å². The van der Waals surface area contributed by atoms with Gasteiger partial charge in [0, 0.05) is 11.6 Å². The largest absolute Gasteiger partial charge is 0.466 e. The standard InChI is InChI=1S/C8H15O3P/c1-4-11-7(9)5-6-8(2,3)12-10/h4-6H2,1-3H3. The van der Waals surface area contributed by atoms with Crippen LogP contribution in [0, 0.1) is 0 Å². The van der Waals surface area contributed by atoms with Crippen LogP contribution in [0.5, 0.6) is 0 Å². The molecule has 0 radical (unpaired) electrons. The van der Waals surface area contributed by atoms with Crippen molar-refractivity contribution >= 4 is 14.4 Å². The van der Waals surface area contributed by atoms with Gasteiger partial charge in [-0.05, 0) is 27.2 Å². The van der Waals surface area contributed by atoms with Gasteiger partial charge in [-0.15, -0.1) is 0 Å². The molecule has 0 aromatic heterocycles. The summed E-state index contributed by atoms with van der Waals surface area (Å²) in [6.07, 6.45) is 0.937. The molecule has 0 spiro atoms. The molecule has 0 bridgehead atoms. The zero-order valence-corrected chi connectivity index (χ0v) is 8.69. The van der Waals surface area contributed by atoms with Crippen molar-refractivity contribution in [2.45, 2.75) is 38.8 Å². The summed E-state index contributed by atoms with van der Waals surface area (Å²) >= 11 is 0. The SMILES string of the molecule is CCOC(=O)CCC(C)(C)P=O. The second kappa shape index (κ2) is 5.26. The molecule has 0 aromatic rings. The lowest BCUT2D eigenvalue weighted by molar-refractivity contribution is -0.143. The molecule has 0 amide bonds. The van der Waals surface area contributed by atoms with Gasteiger partial charge in [-0.1, -0.05) is 0 Å². The van der Waals surface area contributed by atoms with Crippen LogP contribution in [0.2, 0.25) is 0 Å². The van der Waals surface area contributed by atoms with Crippen LogP contribution < -0.4 is 0 Å². The molecule has 0 N–H and O–H groups in total. The van der Waals surface area contributed by atoms with Crippen LogP contribution in [-0.4, -0.2) is 17.7 Å². The van der Waals surface area contributed by atoms with Crippen molar-refractivity contribution in [3.05, 3.63) is 0 Å². The van der Waals surface area contributed by atoms with E-state index in [4.69, 9.17) is 4.74 Å². The van der Waals surface area contributed by atoms with Crippen molar-refractivity contribution in [2.75, 3.05) is 6.61 Å². The van der Waals surface area contributed by atoms with Crippen LogP contribution in [0.1, 0.15) is 33.6 Å². The summed E-state index contributed by atoms with van der Waals surface area (Å²) in [5, 5.41) is -0.313. The monoisotopic (exact) mass is 190 g/mol. The first-order valence-electron chi connectivity index (χ1n) is 4.02. The summed E-state index contributed by atoms with van der Waals surface area (Å²) in [6.45, 7) is 5.88. The highest BCUT2D eigenvalue weighted by Gasteiger charge is 2.19. The molecule has 3 nitrogen and oxygen atoms in total. The minimum Gasteiger partial charge on any atom is -0.466 e. The highest BCUT2D eigenvalue weighted by atomic mass is 31.1. The predicted octanol–water partition coefficient (Wildman–Crippen LogP) is 2.40. The lowest BCUT2D eigenvalue weighted by atomic mass is 10.1. The molecular formula is C8H15O3P. The fraction of sp³-hybridized carbons (Fsp3) is 0.875. The van der Waals surface area contributed by atoms with E-state index in [1.54, 1.807) is 6.92 Å². The molecule has 70 valence electrons. The Morgan fingerprint density at radius 2 is 2.08 bits per heavy atom. The van der Waals surface area contributed by atoms with E-state index < -0.39 is 0 Å². The first-order chi connectivity index (χ1) is 5.52. The van der Waals surface area contributed by atoms with Crippen LogP contribution >= 0.6 is 8.46 Å². The Balaban J connectivity index is 3.67. The van der Waals surface area contributed by atoms with E-state index >= 15 is 0 Å². The van der Waals surface area contributed by atoms with Crippen LogP contribution in [0.3, 0.4) is 0 Å². The molecule has 0 aromatic carbocycles. The Morgan fingerprint density at radius 1 is 1.50 bits per heavy atom. The Hall–Kier alpha value is -0.430. The van der Waals surface area contributed by atoms with Crippen molar-refractivity contribution in [1.82, 2.24) is 0 Å². The first-order valence-corrected chi connectivity index (χ1v) is 4.83. The van der Waals surface area contributed by atoms with E-state index in [0.717, 1.165) is 0 Å². The van der Waals surface area contributed by atoms with Crippen LogP contribution in [0.25, 0.3) is 0 Å². The molecule has 0 unspecified atom stereocenters. The lowest BCUT2D eigenvalue weighted by Gasteiger charge is -2.13. The summed E-state index contributed by atoms with van der Waals surface area (Å²) in [4.78, 5) is 10.9. The minimum absolute atomic E-state index is 0.0788. The van der Waals surface area contributed by atoms with E-state index in [1.807, 2.05) is 13.8 Å². The molecule has 0 saturated carbocycles. The average Bonchev–Trinajstić information content (AvgIpc) is 2.02. The zero-order chi connectivity index (χ0) is 9.61. The molecule has 0 saturated heterocycles. The fourth-order valence-electron chi connectivity index (χ4n) is 0.687. The second-order valence-corrected chi connectivity index (χ2v) is 4.60. The summed E-state index contributed by atoms with van der Waals surface area (Å²) in [7, 11) is 0.0788. The maximum absolute atomic E-state index is 10.9. The molecule has 0 heterocycles. The number of hydrogen-bond donors (Lipinski definition) is 0. The zero-order valence-electron chi connectivity index (χ0n) is 7.79. The summed E-state index contributed by atoms with van der Waals surface area (Å²) in [5.74, 6) is -0.214. The smallest absolute Gasteiger partial charge is 0.305 e. The van der Waals surface area contributed by atoms with E-state index in [-0.39, 0.29) is 19.6 Å². The normalized spacial score (nSPS) is 11.6. The van der Waals surface area contributed by atoms with Crippen molar-refractivity contribution < 1.29 is 14.1 Å². The maximum Gasteiger partial charge on any atom is 0.305 e. The highest BCUT2D eigenvalue weighted by Crippen LogP contribution is 2.26. The third-order valence-electron chi connectivity index (χ3n) is 1.49. The van der Waals surface area contributed by atoms with Crippen molar-refractivity contribution in [3.8, 4) is 0 Å². The number of carbonyl (C=O) groups is 1. The number of hydrogen-bond acceptors (Lipinski definition) is 3. The van der Waals surface area contributed by atoms with Gasteiger partial charge in [-0.3, -0.25) is 9.36 Å². The molecule has 0 aliphatic rings. The van der Waals surface area contributed by atoms with E-state index in [2.05, 4.69) is 0 Å². The van der Waals surface area contributed by atoms with Gasteiger partial charge in [-0.2, -0.15) is 0 Å². The third kappa shape index (κ3) is 5.25. The number of rotatable bonds is 5. The molecular weight excluding hydrogens is 175 g/mol. The van der Waals surface area contributed by atoms with Gasteiger partial charge in [0.25, 0.3) is 0 Å². The van der Waals surface area contributed by atoms with Gasteiger partial charge in [-0.25, -0.2) is 0 Å². The van der Waals surface area contributed by atoms with E-state index in [1.165, 1.54) is 0 Å². The summed E-state index contributed by atoms with van der Waals surface area (Å²) in [6, 6.07) is 0. The lowest BCUT2D eigenvalue weighted by Crippen LogP contribution is -2.14. The van der Waals surface area contributed by atoms with Gasteiger partial charge < -0.3 is 4.74 Å². The Morgan fingerprint density at radius 3 is 2.50 bits per heavy atom. The molecule has 0 atom stereocenters. The van der Waals surface area contributed by atoms with Crippen molar-refractivity contribution in [2.24, 2.45) is 0 Å².